The molecule has 2 heterocycles. The third-order valence-electron chi connectivity index (χ3n) is 4.98. The van der Waals surface area contributed by atoms with Crippen molar-refractivity contribution in [3.05, 3.63) is 76.8 Å². The van der Waals surface area contributed by atoms with Gasteiger partial charge in [-0.2, -0.15) is 0 Å². The number of benzene rings is 2. The molecule has 0 spiro atoms. The summed E-state index contributed by atoms with van der Waals surface area (Å²) in [7, 11) is 0. The maximum Gasteiger partial charge on any atom is 0.227 e. The van der Waals surface area contributed by atoms with Crippen LogP contribution in [0.4, 0.5) is 4.39 Å². The van der Waals surface area contributed by atoms with Crippen LogP contribution in [0, 0.1) is 5.82 Å². The van der Waals surface area contributed by atoms with Crippen LogP contribution in [-0.2, 0) is 11.2 Å². The average molecular weight is 369 g/mol. The van der Waals surface area contributed by atoms with Crippen molar-refractivity contribution in [1.29, 1.82) is 0 Å². The van der Waals surface area contributed by atoms with Gasteiger partial charge in [0, 0.05) is 34.9 Å². The molecule has 3 nitrogen and oxygen atoms in total. The lowest BCUT2D eigenvalue weighted by molar-refractivity contribution is -0.131. The van der Waals surface area contributed by atoms with Crippen molar-refractivity contribution in [2.75, 3.05) is 6.54 Å². The zero-order valence-electron chi connectivity index (χ0n) is 14.2. The summed E-state index contributed by atoms with van der Waals surface area (Å²) in [5, 5.41) is 2.52. The molecule has 1 atom stereocenters. The van der Waals surface area contributed by atoms with E-state index in [0.717, 1.165) is 29.2 Å². The lowest BCUT2D eigenvalue weighted by Gasteiger charge is -2.26. The number of carbonyl (C=O) groups excluding carboxylic acids is 1. The van der Waals surface area contributed by atoms with Gasteiger partial charge in [-0.15, -0.1) is 0 Å². The Labute approximate surface area is 156 Å². The molecule has 2 aromatic carbocycles. The highest BCUT2D eigenvalue weighted by Crippen LogP contribution is 2.35. The predicted molar refractivity (Wildman–Crippen MR) is 101 cm³/mol. The van der Waals surface area contributed by atoms with Gasteiger partial charge in [0.2, 0.25) is 5.91 Å². The molecular weight excluding hydrogens is 351 g/mol. The van der Waals surface area contributed by atoms with Crippen LogP contribution >= 0.6 is 11.6 Å². The van der Waals surface area contributed by atoms with E-state index < -0.39 is 0 Å². The van der Waals surface area contributed by atoms with Crippen LogP contribution in [-0.4, -0.2) is 22.3 Å². The van der Waals surface area contributed by atoms with E-state index in [1.54, 1.807) is 23.4 Å². The van der Waals surface area contributed by atoms with E-state index in [1.165, 1.54) is 12.1 Å². The standard InChI is InChI=1S/C21H18ClFN2O/c22-16-7-8-19(23)18(11-16)20-6-3-9-25(20)21(26)10-15-13-24-12-14-4-1-2-5-17(14)15/h1-2,4-5,7-8,11-13,20H,3,6,9-10H2. The van der Waals surface area contributed by atoms with Crippen LogP contribution in [0.3, 0.4) is 0 Å². The molecule has 1 amide bonds. The van der Waals surface area contributed by atoms with Gasteiger partial charge in [-0.05, 0) is 42.0 Å². The fraction of sp³-hybridized carbons (Fsp3) is 0.238. The average Bonchev–Trinajstić information content (AvgIpc) is 3.14. The molecule has 0 radical (unpaired) electrons. The summed E-state index contributed by atoms with van der Waals surface area (Å²) in [6.45, 7) is 0.633. The Morgan fingerprint density at radius 3 is 2.96 bits per heavy atom. The summed E-state index contributed by atoms with van der Waals surface area (Å²) in [6.07, 6.45) is 5.40. The number of hydrogen-bond donors (Lipinski definition) is 0. The molecule has 0 N–H and O–H groups in total. The highest BCUT2D eigenvalue weighted by atomic mass is 35.5. The molecule has 0 saturated carbocycles. The summed E-state index contributed by atoms with van der Waals surface area (Å²) >= 11 is 6.04. The zero-order chi connectivity index (χ0) is 18.1. The number of nitrogens with zero attached hydrogens (tertiary/aromatic N) is 2. The molecule has 5 heteroatoms. The van der Waals surface area contributed by atoms with E-state index in [0.29, 0.717) is 17.1 Å². The third kappa shape index (κ3) is 3.17. The van der Waals surface area contributed by atoms with Gasteiger partial charge in [0.25, 0.3) is 0 Å². The number of halogens is 2. The van der Waals surface area contributed by atoms with Crippen LogP contribution in [0.5, 0.6) is 0 Å². The third-order valence-corrected chi connectivity index (χ3v) is 5.22. The first-order valence-corrected chi connectivity index (χ1v) is 9.07. The van der Waals surface area contributed by atoms with Gasteiger partial charge in [-0.25, -0.2) is 4.39 Å². The van der Waals surface area contributed by atoms with Gasteiger partial charge in [0.1, 0.15) is 5.82 Å². The molecule has 0 aliphatic carbocycles. The minimum atomic E-state index is -0.314. The second kappa shape index (κ2) is 7.04. The second-order valence-corrected chi connectivity index (χ2v) is 7.04. The van der Waals surface area contributed by atoms with Crippen molar-refractivity contribution in [3.63, 3.8) is 0 Å². The topological polar surface area (TPSA) is 33.2 Å². The smallest absolute Gasteiger partial charge is 0.227 e. The molecule has 0 bridgehead atoms. The number of carbonyl (C=O) groups is 1. The van der Waals surface area contributed by atoms with E-state index in [9.17, 15) is 9.18 Å². The van der Waals surface area contributed by atoms with Crippen molar-refractivity contribution in [2.45, 2.75) is 25.3 Å². The Morgan fingerprint density at radius 1 is 1.23 bits per heavy atom. The normalized spacial score (nSPS) is 17.0. The van der Waals surface area contributed by atoms with Crippen molar-refractivity contribution < 1.29 is 9.18 Å². The highest BCUT2D eigenvalue weighted by Gasteiger charge is 2.31. The van der Waals surface area contributed by atoms with Crippen LogP contribution in [0.25, 0.3) is 10.8 Å². The van der Waals surface area contributed by atoms with E-state index >= 15 is 0 Å². The van der Waals surface area contributed by atoms with E-state index in [1.807, 2.05) is 24.3 Å². The molecule has 1 unspecified atom stereocenters. The number of pyridine rings is 1. The number of likely N-dealkylation sites (tertiary alicyclic amines) is 1. The number of aromatic nitrogens is 1. The SMILES string of the molecule is O=C(Cc1cncc2ccccc12)N1CCCC1c1cc(Cl)ccc1F. The molecule has 1 aromatic heterocycles. The minimum Gasteiger partial charge on any atom is -0.335 e. The van der Waals surface area contributed by atoms with Crippen LogP contribution in [0.2, 0.25) is 5.02 Å². The second-order valence-electron chi connectivity index (χ2n) is 6.61. The Balaban J connectivity index is 1.62. The predicted octanol–water partition coefficient (Wildman–Crippen LogP) is 4.93. The van der Waals surface area contributed by atoms with Crippen molar-refractivity contribution in [2.24, 2.45) is 0 Å². The van der Waals surface area contributed by atoms with Gasteiger partial charge in [0.05, 0.1) is 12.5 Å². The maximum absolute atomic E-state index is 14.3. The first kappa shape index (κ1) is 17.0. The highest BCUT2D eigenvalue weighted by molar-refractivity contribution is 6.30. The number of rotatable bonds is 3. The van der Waals surface area contributed by atoms with E-state index in [4.69, 9.17) is 11.6 Å². The molecule has 1 aliphatic rings. The van der Waals surface area contributed by atoms with E-state index in [2.05, 4.69) is 4.98 Å². The minimum absolute atomic E-state index is 0.00923. The molecule has 3 aromatic rings. The van der Waals surface area contributed by atoms with E-state index in [-0.39, 0.29) is 24.2 Å². The summed E-state index contributed by atoms with van der Waals surface area (Å²) < 4.78 is 14.3. The maximum atomic E-state index is 14.3. The molecular formula is C21H18ClFN2O. The van der Waals surface area contributed by atoms with Crippen molar-refractivity contribution in [3.8, 4) is 0 Å². The monoisotopic (exact) mass is 368 g/mol. The van der Waals surface area contributed by atoms with Crippen molar-refractivity contribution in [1.82, 2.24) is 9.88 Å². The van der Waals surface area contributed by atoms with Crippen LogP contribution in [0.15, 0.2) is 54.9 Å². The van der Waals surface area contributed by atoms with Gasteiger partial charge in [-0.1, -0.05) is 35.9 Å². The molecule has 1 saturated heterocycles. The first-order valence-electron chi connectivity index (χ1n) is 8.69. The summed E-state index contributed by atoms with van der Waals surface area (Å²) in [4.78, 5) is 19.0. The Kier molecular flexibility index (Phi) is 4.60. The zero-order valence-corrected chi connectivity index (χ0v) is 14.9. The molecule has 1 aliphatic heterocycles. The molecule has 26 heavy (non-hydrogen) atoms. The Hall–Kier alpha value is -2.46. The van der Waals surface area contributed by atoms with Gasteiger partial charge < -0.3 is 4.90 Å². The number of fused-ring (bicyclic) bond motifs is 1. The lowest BCUT2D eigenvalue weighted by atomic mass is 10.0. The van der Waals surface area contributed by atoms with Gasteiger partial charge >= 0.3 is 0 Å². The summed E-state index contributed by atoms with van der Waals surface area (Å²) in [5.74, 6) is -0.323. The van der Waals surface area contributed by atoms with Crippen LogP contribution in [0.1, 0.15) is 30.0 Å². The fourth-order valence-corrected chi connectivity index (χ4v) is 3.92. The molecule has 132 valence electrons. The summed E-state index contributed by atoms with van der Waals surface area (Å²) in [5.41, 5.74) is 1.39. The lowest BCUT2D eigenvalue weighted by Crippen LogP contribution is -2.32. The molecule has 1 fully saturated rings. The first-order chi connectivity index (χ1) is 12.6. The number of amides is 1. The van der Waals surface area contributed by atoms with Gasteiger partial charge in [-0.3, -0.25) is 9.78 Å². The Morgan fingerprint density at radius 2 is 2.08 bits per heavy atom. The fourth-order valence-electron chi connectivity index (χ4n) is 3.74. The van der Waals surface area contributed by atoms with Crippen LogP contribution < -0.4 is 0 Å². The largest absolute Gasteiger partial charge is 0.335 e. The van der Waals surface area contributed by atoms with Crippen molar-refractivity contribution >= 4 is 28.3 Å². The summed E-state index contributed by atoms with van der Waals surface area (Å²) in [6, 6.07) is 12.2. The Bertz CT molecular complexity index is 970. The quantitative estimate of drug-likeness (QED) is 0.656. The molecule has 4 rings (SSSR count). The number of hydrogen-bond acceptors (Lipinski definition) is 2. The van der Waals surface area contributed by atoms with Gasteiger partial charge in [0.15, 0.2) is 0 Å².